The smallest absolute Gasteiger partial charge is 0.312 e. The summed E-state index contributed by atoms with van der Waals surface area (Å²) in [6.07, 6.45) is 0. The van der Waals surface area contributed by atoms with Gasteiger partial charge < -0.3 is 15.9 Å². The molecule has 0 amide bonds. The lowest BCUT2D eigenvalue weighted by molar-refractivity contribution is -0.138. The number of hydrogen-bond acceptors (Lipinski definition) is 3. The summed E-state index contributed by atoms with van der Waals surface area (Å²) in [5.74, 6) is -1.87. The largest absolute Gasteiger partial charge is 0.508 e. The van der Waals surface area contributed by atoms with Crippen LogP contribution in [0.25, 0.3) is 0 Å². The Morgan fingerprint density at radius 2 is 2.21 bits per heavy atom. The van der Waals surface area contributed by atoms with Crippen LogP contribution in [0, 0.1) is 6.92 Å². The Bertz CT molecular complexity index is 349. The molecule has 4 nitrogen and oxygen atoms in total. The predicted octanol–water partition coefficient (Wildman–Crippen LogP) is 0.828. The van der Waals surface area contributed by atoms with Crippen molar-refractivity contribution in [3.05, 3.63) is 29.3 Å². The summed E-state index contributed by atoms with van der Waals surface area (Å²) in [5.41, 5.74) is 6.57. The fourth-order valence-electron chi connectivity index (χ4n) is 1.31. The SMILES string of the molecule is Cc1ccc(C(CN)C(=O)O)c(O)c1. The molecule has 1 atom stereocenters. The number of hydrogen-bond donors (Lipinski definition) is 3. The number of benzene rings is 1. The first-order valence-electron chi connectivity index (χ1n) is 4.28. The minimum absolute atomic E-state index is 0.0112. The molecule has 0 aliphatic rings. The van der Waals surface area contributed by atoms with E-state index < -0.39 is 11.9 Å². The van der Waals surface area contributed by atoms with Crippen molar-refractivity contribution in [1.82, 2.24) is 0 Å². The normalized spacial score (nSPS) is 12.4. The van der Waals surface area contributed by atoms with Crippen molar-refractivity contribution >= 4 is 5.97 Å². The van der Waals surface area contributed by atoms with Crippen molar-refractivity contribution in [3.63, 3.8) is 0 Å². The van der Waals surface area contributed by atoms with Gasteiger partial charge >= 0.3 is 5.97 Å². The van der Waals surface area contributed by atoms with Gasteiger partial charge in [0.2, 0.25) is 0 Å². The minimum atomic E-state index is -1.02. The number of rotatable bonds is 3. The summed E-state index contributed by atoms with van der Waals surface area (Å²) >= 11 is 0. The number of phenolic OH excluding ortho intramolecular Hbond substituents is 1. The molecule has 0 aliphatic carbocycles. The average molecular weight is 195 g/mol. The number of carboxylic acids is 1. The lowest BCUT2D eigenvalue weighted by atomic mass is 9.97. The number of aryl methyl sites for hydroxylation is 1. The fraction of sp³-hybridized carbons (Fsp3) is 0.300. The summed E-state index contributed by atoms with van der Waals surface area (Å²) in [6.45, 7) is 1.80. The van der Waals surface area contributed by atoms with E-state index >= 15 is 0 Å². The molecule has 0 aromatic heterocycles. The van der Waals surface area contributed by atoms with E-state index in [0.717, 1.165) is 5.56 Å². The second-order valence-corrected chi connectivity index (χ2v) is 3.19. The number of aromatic hydroxyl groups is 1. The highest BCUT2D eigenvalue weighted by Gasteiger charge is 2.20. The van der Waals surface area contributed by atoms with Crippen LogP contribution in [0.4, 0.5) is 0 Å². The summed E-state index contributed by atoms with van der Waals surface area (Å²) in [6, 6.07) is 4.87. The zero-order chi connectivity index (χ0) is 10.7. The quantitative estimate of drug-likeness (QED) is 0.667. The van der Waals surface area contributed by atoms with Crippen LogP contribution < -0.4 is 5.73 Å². The Kier molecular flexibility index (Phi) is 3.09. The molecule has 0 saturated heterocycles. The summed E-state index contributed by atoms with van der Waals surface area (Å²) < 4.78 is 0. The third-order valence-electron chi connectivity index (χ3n) is 2.10. The molecule has 0 heterocycles. The molecule has 1 unspecified atom stereocenters. The Morgan fingerprint density at radius 3 is 2.64 bits per heavy atom. The molecule has 4 N–H and O–H groups in total. The number of nitrogens with two attached hydrogens (primary N) is 1. The zero-order valence-electron chi connectivity index (χ0n) is 7.90. The molecule has 1 aromatic rings. The molecule has 4 heteroatoms. The van der Waals surface area contributed by atoms with Crippen molar-refractivity contribution in [1.29, 1.82) is 0 Å². The Balaban J connectivity index is 3.10. The van der Waals surface area contributed by atoms with Gasteiger partial charge in [0, 0.05) is 12.1 Å². The van der Waals surface area contributed by atoms with Crippen molar-refractivity contribution in [2.45, 2.75) is 12.8 Å². The fourth-order valence-corrected chi connectivity index (χ4v) is 1.31. The molecule has 0 fully saturated rings. The lowest BCUT2D eigenvalue weighted by Gasteiger charge is -2.12. The molecular formula is C10H13NO3. The molecule has 0 bridgehead atoms. The van der Waals surface area contributed by atoms with Crippen LogP contribution in [-0.2, 0) is 4.79 Å². The van der Waals surface area contributed by atoms with Gasteiger partial charge in [-0.1, -0.05) is 12.1 Å². The number of phenols is 1. The van der Waals surface area contributed by atoms with Crippen LogP contribution >= 0.6 is 0 Å². The van der Waals surface area contributed by atoms with Gasteiger partial charge in [0.1, 0.15) is 5.75 Å². The molecule has 0 spiro atoms. The second-order valence-electron chi connectivity index (χ2n) is 3.19. The van der Waals surface area contributed by atoms with Crippen molar-refractivity contribution in [2.75, 3.05) is 6.54 Å². The third-order valence-corrected chi connectivity index (χ3v) is 2.10. The van der Waals surface area contributed by atoms with E-state index in [-0.39, 0.29) is 12.3 Å². The van der Waals surface area contributed by atoms with Crippen LogP contribution in [0.1, 0.15) is 17.0 Å². The highest BCUT2D eigenvalue weighted by Crippen LogP contribution is 2.26. The third kappa shape index (κ3) is 2.03. The maximum Gasteiger partial charge on any atom is 0.312 e. The van der Waals surface area contributed by atoms with E-state index in [1.807, 2.05) is 6.92 Å². The molecule has 1 aromatic carbocycles. The molecule has 1 rings (SSSR count). The first kappa shape index (κ1) is 10.5. The van der Waals surface area contributed by atoms with Gasteiger partial charge in [-0.2, -0.15) is 0 Å². The van der Waals surface area contributed by atoms with Crippen molar-refractivity contribution in [3.8, 4) is 5.75 Å². The monoisotopic (exact) mass is 195 g/mol. The van der Waals surface area contributed by atoms with Crippen molar-refractivity contribution < 1.29 is 15.0 Å². The number of carboxylic acid groups (broad SMARTS) is 1. The van der Waals surface area contributed by atoms with Gasteiger partial charge in [-0.15, -0.1) is 0 Å². The number of carbonyl (C=O) groups is 1. The van der Waals surface area contributed by atoms with E-state index in [2.05, 4.69) is 0 Å². The molecule has 0 aliphatic heterocycles. The summed E-state index contributed by atoms with van der Waals surface area (Å²) in [5, 5.41) is 18.4. The van der Waals surface area contributed by atoms with Crippen LogP contribution in [0.15, 0.2) is 18.2 Å². The molecule has 0 saturated carbocycles. The molecule has 0 radical (unpaired) electrons. The first-order valence-corrected chi connectivity index (χ1v) is 4.28. The predicted molar refractivity (Wildman–Crippen MR) is 52.3 cm³/mol. The Morgan fingerprint density at radius 1 is 1.57 bits per heavy atom. The maximum atomic E-state index is 10.8. The van der Waals surface area contributed by atoms with Gasteiger partial charge in [0.25, 0.3) is 0 Å². The van der Waals surface area contributed by atoms with Gasteiger partial charge in [-0.05, 0) is 18.6 Å². The van der Waals surface area contributed by atoms with E-state index in [4.69, 9.17) is 10.8 Å². The van der Waals surface area contributed by atoms with Gasteiger partial charge in [0.05, 0.1) is 5.92 Å². The molecule has 14 heavy (non-hydrogen) atoms. The highest BCUT2D eigenvalue weighted by molar-refractivity contribution is 5.77. The first-order chi connectivity index (χ1) is 6.56. The van der Waals surface area contributed by atoms with Crippen LogP contribution in [-0.4, -0.2) is 22.7 Å². The lowest BCUT2D eigenvalue weighted by Crippen LogP contribution is -2.21. The summed E-state index contributed by atoms with van der Waals surface area (Å²) in [4.78, 5) is 10.8. The molecule has 76 valence electrons. The second kappa shape index (κ2) is 4.11. The van der Waals surface area contributed by atoms with E-state index in [0.29, 0.717) is 5.56 Å². The van der Waals surface area contributed by atoms with Gasteiger partial charge in [-0.25, -0.2) is 0 Å². The van der Waals surface area contributed by atoms with Crippen LogP contribution in [0.3, 0.4) is 0 Å². The van der Waals surface area contributed by atoms with Crippen molar-refractivity contribution in [2.24, 2.45) is 5.73 Å². The van der Waals surface area contributed by atoms with Gasteiger partial charge in [0.15, 0.2) is 0 Å². The summed E-state index contributed by atoms with van der Waals surface area (Å²) in [7, 11) is 0. The minimum Gasteiger partial charge on any atom is -0.508 e. The standard InChI is InChI=1S/C10H13NO3/c1-6-2-3-7(9(12)4-6)8(5-11)10(13)14/h2-4,8,12H,5,11H2,1H3,(H,13,14). The average Bonchev–Trinajstić information content (AvgIpc) is 2.09. The van der Waals surface area contributed by atoms with E-state index in [9.17, 15) is 9.90 Å². The zero-order valence-corrected chi connectivity index (χ0v) is 7.90. The number of aliphatic carboxylic acids is 1. The van der Waals surface area contributed by atoms with E-state index in [1.54, 1.807) is 12.1 Å². The van der Waals surface area contributed by atoms with Gasteiger partial charge in [-0.3, -0.25) is 4.79 Å². The highest BCUT2D eigenvalue weighted by atomic mass is 16.4. The molecular weight excluding hydrogens is 182 g/mol. The topological polar surface area (TPSA) is 83.6 Å². The Labute approximate surface area is 82.0 Å². The maximum absolute atomic E-state index is 10.8. The Hall–Kier alpha value is -1.55. The van der Waals surface area contributed by atoms with E-state index in [1.165, 1.54) is 6.07 Å². The van der Waals surface area contributed by atoms with Crippen LogP contribution in [0.5, 0.6) is 5.75 Å². The van der Waals surface area contributed by atoms with Crippen LogP contribution in [0.2, 0.25) is 0 Å².